The summed E-state index contributed by atoms with van der Waals surface area (Å²) in [5.41, 5.74) is -0.909. The van der Waals surface area contributed by atoms with E-state index in [4.69, 9.17) is 16.7 Å². The number of amides is 1. The van der Waals surface area contributed by atoms with E-state index in [9.17, 15) is 22.8 Å². The van der Waals surface area contributed by atoms with Crippen molar-refractivity contribution < 1.29 is 27.9 Å². The molecule has 1 amide bonds. The summed E-state index contributed by atoms with van der Waals surface area (Å²) in [5, 5.41) is 11.3. The third-order valence-corrected chi connectivity index (χ3v) is 4.60. The lowest BCUT2D eigenvalue weighted by Crippen LogP contribution is -2.42. The summed E-state index contributed by atoms with van der Waals surface area (Å²) in [7, 11) is 0. The number of pyridine rings is 1. The van der Waals surface area contributed by atoms with Crippen molar-refractivity contribution >= 4 is 29.3 Å². The smallest absolute Gasteiger partial charge is 0.417 e. The summed E-state index contributed by atoms with van der Waals surface area (Å²) in [5.74, 6) is -1.89. The minimum Gasteiger partial charge on any atom is -0.481 e. The van der Waals surface area contributed by atoms with Crippen molar-refractivity contribution in [1.82, 2.24) is 10.3 Å². The first-order valence-corrected chi connectivity index (χ1v) is 8.45. The predicted molar refractivity (Wildman–Crippen MR) is 89.0 cm³/mol. The van der Waals surface area contributed by atoms with Crippen LogP contribution < -0.4 is 10.2 Å². The largest absolute Gasteiger partial charge is 0.481 e. The number of nitrogens with one attached hydrogen (secondary N) is 1. The standard InChI is InChI=1S/C16H19ClF3N3O3/c1-9(15(25)26)7-22-14(24)10-2-4-23(5-3-10)13-12(17)6-11(8-21-13)16(18,19)20/h6,8-10H,2-5,7H2,1H3,(H,22,24)(H,25,26). The van der Waals surface area contributed by atoms with E-state index in [1.807, 2.05) is 0 Å². The molecule has 144 valence electrons. The van der Waals surface area contributed by atoms with Gasteiger partial charge in [0, 0.05) is 31.7 Å². The fraction of sp³-hybridized carbons (Fsp3) is 0.562. The molecule has 2 heterocycles. The van der Waals surface area contributed by atoms with Gasteiger partial charge >= 0.3 is 12.1 Å². The molecule has 1 atom stereocenters. The van der Waals surface area contributed by atoms with E-state index in [0.717, 1.165) is 12.3 Å². The summed E-state index contributed by atoms with van der Waals surface area (Å²) in [6, 6.07) is 0.843. The number of carboxylic acid groups (broad SMARTS) is 1. The van der Waals surface area contributed by atoms with Crippen LogP contribution in [0.2, 0.25) is 5.02 Å². The molecule has 1 aromatic heterocycles. The summed E-state index contributed by atoms with van der Waals surface area (Å²) >= 11 is 5.94. The van der Waals surface area contributed by atoms with Crippen molar-refractivity contribution in [3.05, 3.63) is 22.8 Å². The Hall–Kier alpha value is -2.03. The molecule has 10 heteroatoms. The molecule has 1 aromatic rings. The van der Waals surface area contributed by atoms with Crippen molar-refractivity contribution in [3.63, 3.8) is 0 Å². The Morgan fingerprint density at radius 3 is 2.54 bits per heavy atom. The van der Waals surface area contributed by atoms with Gasteiger partial charge in [-0.15, -0.1) is 0 Å². The predicted octanol–water partition coefficient (Wildman–Crippen LogP) is 2.81. The van der Waals surface area contributed by atoms with Crippen molar-refractivity contribution in [1.29, 1.82) is 0 Å². The zero-order chi connectivity index (χ0) is 19.5. The molecule has 0 spiro atoms. The monoisotopic (exact) mass is 393 g/mol. The van der Waals surface area contributed by atoms with Gasteiger partial charge in [-0.25, -0.2) is 4.98 Å². The average Bonchev–Trinajstić information content (AvgIpc) is 2.58. The van der Waals surface area contributed by atoms with Gasteiger partial charge in [0.05, 0.1) is 16.5 Å². The van der Waals surface area contributed by atoms with Crippen molar-refractivity contribution in [2.24, 2.45) is 11.8 Å². The Labute approximate surface area is 153 Å². The molecule has 6 nitrogen and oxygen atoms in total. The highest BCUT2D eigenvalue weighted by Gasteiger charge is 2.33. The van der Waals surface area contributed by atoms with Crippen LogP contribution in [0.5, 0.6) is 0 Å². The summed E-state index contributed by atoms with van der Waals surface area (Å²) in [6.07, 6.45) is -2.81. The number of alkyl halides is 3. The lowest BCUT2D eigenvalue weighted by Gasteiger charge is -2.32. The fourth-order valence-corrected chi connectivity index (χ4v) is 2.94. The van der Waals surface area contributed by atoms with E-state index in [2.05, 4.69) is 10.3 Å². The van der Waals surface area contributed by atoms with Gasteiger partial charge < -0.3 is 15.3 Å². The van der Waals surface area contributed by atoms with E-state index in [0.29, 0.717) is 25.9 Å². The minimum atomic E-state index is -4.51. The van der Waals surface area contributed by atoms with E-state index in [1.54, 1.807) is 4.90 Å². The zero-order valence-corrected chi connectivity index (χ0v) is 14.8. The molecule has 26 heavy (non-hydrogen) atoms. The van der Waals surface area contributed by atoms with Crippen LogP contribution in [0, 0.1) is 11.8 Å². The molecule has 0 aromatic carbocycles. The van der Waals surface area contributed by atoms with Crippen LogP contribution in [0.4, 0.5) is 19.0 Å². The van der Waals surface area contributed by atoms with Crippen LogP contribution >= 0.6 is 11.6 Å². The van der Waals surface area contributed by atoms with E-state index in [1.165, 1.54) is 6.92 Å². The summed E-state index contributed by atoms with van der Waals surface area (Å²) < 4.78 is 38.0. The average molecular weight is 394 g/mol. The summed E-state index contributed by atoms with van der Waals surface area (Å²) in [4.78, 5) is 28.4. The van der Waals surface area contributed by atoms with Gasteiger partial charge in [-0.05, 0) is 18.9 Å². The van der Waals surface area contributed by atoms with Crippen LogP contribution in [-0.2, 0) is 15.8 Å². The fourth-order valence-electron chi connectivity index (χ4n) is 2.66. The van der Waals surface area contributed by atoms with Crippen LogP contribution in [0.1, 0.15) is 25.3 Å². The second-order valence-corrected chi connectivity index (χ2v) is 6.68. The number of carboxylic acids is 1. The first-order valence-electron chi connectivity index (χ1n) is 8.07. The Bertz CT molecular complexity index is 676. The number of hydrogen-bond acceptors (Lipinski definition) is 4. The van der Waals surface area contributed by atoms with Crippen molar-refractivity contribution in [3.8, 4) is 0 Å². The van der Waals surface area contributed by atoms with Crippen LogP contribution in [0.3, 0.4) is 0 Å². The quantitative estimate of drug-likeness (QED) is 0.803. The molecule has 1 unspecified atom stereocenters. The number of halogens is 4. The highest BCUT2D eigenvalue weighted by molar-refractivity contribution is 6.33. The number of nitrogens with zero attached hydrogens (tertiary/aromatic N) is 2. The van der Waals surface area contributed by atoms with Gasteiger partial charge in [0.2, 0.25) is 5.91 Å². The van der Waals surface area contributed by atoms with E-state index < -0.39 is 23.6 Å². The van der Waals surface area contributed by atoms with E-state index >= 15 is 0 Å². The molecule has 0 radical (unpaired) electrons. The number of rotatable bonds is 5. The third-order valence-electron chi connectivity index (χ3n) is 4.32. The maximum atomic E-state index is 12.7. The van der Waals surface area contributed by atoms with Crippen molar-refractivity contribution in [2.75, 3.05) is 24.5 Å². The normalized spacial score (nSPS) is 17.0. The number of hydrogen-bond donors (Lipinski definition) is 2. The SMILES string of the molecule is CC(CNC(=O)C1CCN(c2ncc(C(F)(F)F)cc2Cl)CC1)C(=O)O. The van der Waals surface area contributed by atoms with Gasteiger partial charge in [-0.1, -0.05) is 18.5 Å². The Kier molecular flexibility index (Phi) is 6.33. The second kappa shape index (κ2) is 8.11. The minimum absolute atomic E-state index is 0.0562. The molecule has 2 N–H and O–H groups in total. The zero-order valence-electron chi connectivity index (χ0n) is 14.0. The first kappa shape index (κ1) is 20.3. The number of aliphatic carboxylic acids is 1. The van der Waals surface area contributed by atoms with Crippen LogP contribution in [-0.4, -0.2) is 41.6 Å². The van der Waals surface area contributed by atoms with Crippen LogP contribution in [0.25, 0.3) is 0 Å². The Balaban J connectivity index is 1.92. The maximum Gasteiger partial charge on any atom is 0.417 e. The molecule has 0 bridgehead atoms. The van der Waals surface area contributed by atoms with Gasteiger partial charge in [0.15, 0.2) is 0 Å². The molecule has 1 saturated heterocycles. The lowest BCUT2D eigenvalue weighted by molar-refractivity contribution is -0.141. The number of carbonyl (C=O) groups is 2. The maximum absolute atomic E-state index is 12.7. The highest BCUT2D eigenvalue weighted by atomic mass is 35.5. The Morgan fingerprint density at radius 1 is 1.42 bits per heavy atom. The van der Waals surface area contributed by atoms with Crippen LogP contribution in [0.15, 0.2) is 12.3 Å². The number of piperidine rings is 1. The molecule has 0 aliphatic carbocycles. The first-order chi connectivity index (χ1) is 12.1. The molecular formula is C16H19ClF3N3O3. The number of carbonyl (C=O) groups excluding carboxylic acids is 1. The lowest BCUT2D eigenvalue weighted by atomic mass is 9.95. The third kappa shape index (κ3) is 5.00. The molecule has 1 fully saturated rings. The van der Waals surface area contributed by atoms with Gasteiger partial charge in [0.1, 0.15) is 5.82 Å². The molecule has 2 rings (SSSR count). The number of anilines is 1. The topological polar surface area (TPSA) is 82.5 Å². The van der Waals surface area contributed by atoms with Gasteiger partial charge in [-0.3, -0.25) is 9.59 Å². The van der Waals surface area contributed by atoms with E-state index in [-0.39, 0.29) is 29.2 Å². The molecule has 1 aliphatic heterocycles. The summed E-state index contributed by atoms with van der Waals surface area (Å²) in [6.45, 7) is 2.40. The van der Waals surface area contributed by atoms with Crippen molar-refractivity contribution in [2.45, 2.75) is 25.9 Å². The van der Waals surface area contributed by atoms with Gasteiger partial charge in [-0.2, -0.15) is 13.2 Å². The van der Waals surface area contributed by atoms with Gasteiger partial charge in [0.25, 0.3) is 0 Å². The second-order valence-electron chi connectivity index (χ2n) is 6.27. The molecular weight excluding hydrogens is 375 g/mol. The molecule has 0 saturated carbocycles. The molecule has 1 aliphatic rings. The Morgan fingerprint density at radius 2 is 2.04 bits per heavy atom. The number of aromatic nitrogens is 1. The highest BCUT2D eigenvalue weighted by Crippen LogP contribution is 2.34.